The summed E-state index contributed by atoms with van der Waals surface area (Å²) in [7, 11) is 0. The van der Waals surface area contributed by atoms with Crippen LogP contribution in [0.25, 0.3) is 0 Å². The molecule has 1 aliphatic rings. The molecule has 2 aromatic rings. The topological polar surface area (TPSA) is 35.5 Å². The number of benzene rings is 1. The van der Waals surface area contributed by atoms with Crippen molar-refractivity contribution in [2.45, 2.75) is 44.9 Å². The quantitative estimate of drug-likeness (QED) is 0.825. The van der Waals surface area contributed by atoms with Crippen LogP contribution in [0, 0.1) is 5.82 Å². The van der Waals surface area contributed by atoms with E-state index in [2.05, 4.69) is 29.8 Å². The van der Waals surface area contributed by atoms with Crippen molar-refractivity contribution < 1.29 is 9.50 Å². The van der Waals surface area contributed by atoms with Gasteiger partial charge in [0, 0.05) is 30.6 Å². The average molecular weight is 348 g/mol. The van der Waals surface area contributed by atoms with Crippen LogP contribution < -0.4 is 10.2 Å². The molecule has 0 radical (unpaired) electrons. The SMILES string of the molecule is CCC(NCc1ccc(N2CCC(O)CC2)c(F)c1)c1cccs1. The molecule has 1 saturated heterocycles. The lowest BCUT2D eigenvalue weighted by Crippen LogP contribution is -2.36. The molecule has 2 heterocycles. The van der Waals surface area contributed by atoms with Gasteiger partial charge in [0.05, 0.1) is 11.8 Å². The van der Waals surface area contributed by atoms with E-state index in [1.807, 2.05) is 17.0 Å². The second-order valence-electron chi connectivity index (χ2n) is 6.36. The molecule has 0 bridgehead atoms. The third-order valence-electron chi connectivity index (χ3n) is 4.66. The first kappa shape index (κ1) is 17.4. The van der Waals surface area contributed by atoms with E-state index in [4.69, 9.17) is 0 Å². The fourth-order valence-corrected chi connectivity index (χ4v) is 4.09. The number of hydrogen-bond acceptors (Lipinski definition) is 4. The second-order valence-corrected chi connectivity index (χ2v) is 7.34. The average Bonchev–Trinajstić information content (AvgIpc) is 3.11. The molecular weight excluding hydrogens is 323 g/mol. The van der Waals surface area contributed by atoms with Crippen molar-refractivity contribution in [2.24, 2.45) is 0 Å². The summed E-state index contributed by atoms with van der Waals surface area (Å²) in [4.78, 5) is 3.35. The van der Waals surface area contributed by atoms with Gasteiger partial charge in [0.25, 0.3) is 0 Å². The third kappa shape index (κ3) is 4.15. The fraction of sp³-hybridized carbons (Fsp3) is 0.474. The van der Waals surface area contributed by atoms with Crippen LogP contribution in [0.3, 0.4) is 0 Å². The van der Waals surface area contributed by atoms with Crippen LogP contribution in [-0.2, 0) is 6.54 Å². The van der Waals surface area contributed by atoms with Crippen LogP contribution >= 0.6 is 11.3 Å². The van der Waals surface area contributed by atoms with E-state index in [9.17, 15) is 9.50 Å². The number of anilines is 1. The number of halogens is 1. The first-order valence-corrected chi connectivity index (χ1v) is 9.53. The first-order valence-electron chi connectivity index (χ1n) is 8.65. The monoisotopic (exact) mass is 348 g/mol. The minimum atomic E-state index is -0.240. The van der Waals surface area contributed by atoms with E-state index in [0.717, 1.165) is 12.0 Å². The number of aliphatic hydroxyl groups excluding tert-OH is 1. The Balaban J connectivity index is 1.62. The molecule has 5 heteroatoms. The van der Waals surface area contributed by atoms with E-state index in [0.29, 0.717) is 44.2 Å². The van der Waals surface area contributed by atoms with Crippen LogP contribution in [-0.4, -0.2) is 24.3 Å². The fourth-order valence-electron chi connectivity index (χ4n) is 3.20. The van der Waals surface area contributed by atoms with Crippen LogP contribution in [0.15, 0.2) is 35.7 Å². The molecule has 0 aliphatic carbocycles. The first-order chi connectivity index (χ1) is 11.7. The zero-order valence-electron chi connectivity index (χ0n) is 14.0. The molecule has 0 saturated carbocycles. The Morgan fingerprint density at radius 2 is 2.12 bits per heavy atom. The van der Waals surface area contributed by atoms with Crippen LogP contribution in [0.4, 0.5) is 10.1 Å². The summed E-state index contributed by atoms with van der Waals surface area (Å²) >= 11 is 1.75. The number of nitrogens with one attached hydrogen (secondary N) is 1. The molecular formula is C19H25FN2OS. The summed E-state index contributed by atoms with van der Waals surface area (Å²) in [6.45, 7) is 4.25. The van der Waals surface area contributed by atoms with Crippen molar-refractivity contribution in [3.05, 3.63) is 52.0 Å². The van der Waals surface area contributed by atoms with Crippen molar-refractivity contribution in [1.82, 2.24) is 5.32 Å². The summed E-state index contributed by atoms with van der Waals surface area (Å²) in [5.41, 5.74) is 1.61. The maximum absolute atomic E-state index is 14.5. The number of thiophene rings is 1. The Kier molecular flexibility index (Phi) is 5.87. The molecule has 1 unspecified atom stereocenters. The molecule has 2 N–H and O–H groups in total. The maximum atomic E-state index is 14.5. The number of rotatable bonds is 6. The number of piperidine rings is 1. The molecule has 1 aromatic heterocycles. The highest BCUT2D eigenvalue weighted by Gasteiger charge is 2.19. The van der Waals surface area contributed by atoms with E-state index in [-0.39, 0.29) is 11.9 Å². The Hall–Kier alpha value is -1.43. The van der Waals surface area contributed by atoms with Gasteiger partial charge < -0.3 is 15.3 Å². The lowest BCUT2D eigenvalue weighted by atomic mass is 10.1. The minimum absolute atomic E-state index is 0.171. The summed E-state index contributed by atoms with van der Waals surface area (Å²) in [6.07, 6.45) is 2.19. The summed E-state index contributed by atoms with van der Waals surface area (Å²) in [5, 5.41) is 15.2. The molecule has 1 fully saturated rings. The summed E-state index contributed by atoms with van der Waals surface area (Å²) in [6, 6.07) is 10.0. The van der Waals surface area contributed by atoms with E-state index in [1.165, 1.54) is 4.88 Å². The largest absolute Gasteiger partial charge is 0.393 e. The Morgan fingerprint density at radius 1 is 1.33 bits per heavy atom. The lowest BCUT2D eigenvalue weighted by molar-refractivity contribution is 0.145. The van der Waals surface area contributed by atoms with Gasteiger partial charge in [0.2, 0.25) is 0 Å². The Labute approximate surface area is 147 Å². The minimum Gasteiger partial charge on any atom is -0.393 e. The summed E-state index contributed by atoms with van der Waals surface area (Å²) < 4.78 is 14.5. The van der Waals surface area contributed by atoms with Crippen LogP contribution in [0.2, 0.25) is 0 Å². The molecule has 3 nitrogen and oxygen atoms in total. The Bertz CT molecular complexity index is 639. The van der Waals surface area contributed by atoms with Gasteiger partial charge in [-0.15, -0.1) is 11.3 Å². The van der Waals surface area contributed by atoms with E-state index < -0.39 is 0 Å². The molecule has 0 spiro atoms. The molecule has 1 atom stereocenters. The Morgan fingerprint density at radius 3 is 2.75 bits per heavy atom. The van der Waals surface area contributed by atoms with Gasteiger partial charge in [0.15, 0.2) is 0 Å². The highest BCUT2D eigenvalue weighted by Crippen LogP contribution is 2.25. The normalized spacial score (nSPS) is 17.2. The van der Waals surface area contributed by atoms with Crippen molar-refractivity contribution in [2.75, 3.05) is 18.0 Å². The van der Waals surface area contributed by atoms with Crippen LogP contribution in [0.5, 0.6) is 0 Å². The molecule has 3 rings (SSSR count). The van der Waals surface area contributed by atoms with Gasteiger partial charge in [-0.25, -0.2) is 4.39 Å². The van der Waals surface area contributed by atoms with Crippen molar-refractivity contribution in [3.8, 4) is 0 Å². The number of aliphatic hydroxyl groups is 1. The number of hydrogen-bond donors (Lipinski definition) is 2. The summed E-state index contributed by atoms with van der Waals surface area (Å²) in [5.74, 6) is -0.171. The smallest absolute Gasteiger partial charge is 0.146 e. The zero-order chi connectivity index (χ0) is 16.9. The molecule has 1 aliphatic heterocycles. The highest BCUT2D eigenvalue weighted by molar-refractivity contribution is 7.10. The molecule has 24 heavy (non-hydrogen) atoms. The van der Waals surface area contributed by atoms with Gasteiger partial charge in [0.1, 0.15) is 5.82 Å². The highest BCUT2D eigenvalue weighted by atomic mass is 32.1. The van der Waals surface area contributed by atoms with Crippen molar-refractivity contribution >= 4 is 17.0 Å². The maximum Gasteiger partial charge on any atom is 0.146 e. The zero-order valence-corrected chi connectivity index (χ0v) is 14.9. The predicted molar refractivity (Wildman–Crippen MR) is 98.0 cm³/mol. The molecule has 1 aromatic carbocycles. The predicted octanol–water partition coefficient (Wildman–Crippen LogP) is 4.09. The van der Waals surface area contributed by atoms with E-state index >= 15 is 0 Å². The van der Waals surface area contributed by atoms with Gasteiger partial charge in [-0.3, -0.25) is 0 Å². The van der Waals surface area contributed by atoms with Gasteiger partial charge in [-0.05, 0) is 48.4 Å². The number of nitrogens with zero attached hydrogens (tertiary/aromatic N) is 1. The molecule has 130 valence electrons. The van der Waals surface area contributed by atoms with Crippen molar-refractivity contribution in [1.29, 1.82) is 0 Å². The standard InChI is InChI=1S/C19H25FN2OS/c1-2-17(19-4-3-11-24-19)21-13-14-5-6-18(16(20)12-14)22-9-7-15(23)8-10-22/h3-6,11-12,15,17,21,23H,2,7-10,13H2,1H3. The van der Waals surface area contributed by atoms with Gasteiger partial charge >= 0.3 is 0 Å². The van der Waals surface area contributed by atoms with Crippen LogP contribution in [0.1, 0.15) is 42.7 Å². The second kappa shape index (κ2) is 8.10. The van der Waals surface area contributed by atoms with Crippen molar-refractivity contribution in [3.63, 3.8) is 0 Å². The van der Waals surface area contributed by atoms with E-state index in [1.54, 1.807) is 17.4 Å². The van der Waals surface area contributed by atoms with Gasteiger partial charge in [-0.1, -0.05) is 19.1 Å². The molecule has 0 amide bonds. The van der Waals surface area contributed by atoms with Gasteiger partial charge in [-0.2, -0.15) is 0 Å². The third-order valence-corrected chi connectivity index (χ3v) is 5.65. The lowest BCUT2D eigenvalue weighted by Gasteiger charge is -2.31.